The van der Waals surface area contributed by atoms with Gasteiger partial charge in [-0.2, -0.15) is 9.78 Å². The molecule has 6 nitrogen and oxygen atoms in total. The molecule has 0 unspecified atom stereocenters. The van der Waals surface area contributed by atoms with Gasteiger partial charge in [0.2, 0.25) is 0 Å². The third-order valence-electron chi connectivity index (χ3n) is 4.94. The fraction of sp³-hybridized carbons (Fsp3) is 0.125. The molecule has 0 atom stereocenters. The fourth-order valence-corrected chi connectivity index (χ4v) is 3.34. The van der Waals surface area contributed by atoms with Crippen LogP contribution in [0.25, 0.3) is 17.1 Å². The first-order valence-electron chi connectivity index (χ1n) is 9.77. The minimum Gasteiger partial charge on any atom is -0.478 e. The average Bonchev–Trinajstić information content (AvgIpc) is 3.18. The summed E-state index contributed by atoms with van der Waals surface area (Å²) in [5.74, 6) is 0.335. The van der Waals surface area contributed by atoms with Crippen LogP contribution < -0.4 is 5.32 Å². The molecule has 6 heteroatoms. The van der Waals surface area contributed by atoms with Crippen molar-refractivity contribution in [3.05, 3.63) is 89.6 Å². The number of hydrogen-bond donors (Lipinski definition) is 2. The SMILES string of the molecule is CCc1cccc(-c2cc(Nc3ccccc3C(=O)O)n(-c3ncccc3C)n2)c1. The number of carbonyl (C=O) groups is 1. The molecule has 2 heterocycles. The molecule has 4 rings (SSSR count). The minimum atomic E-state index is -0.992. The lowest BCUT2D eigenvalue weighted by Crippen LogP contribution is -2.08. The van der Waals surface area contributed by atoms with E-state index < -0.39 is 5.97 Å². The van der Waals surface area contributed by atoms with Gasteiger partial charge in [0.05, 0.1) is 16.9 Å². The Kier molecular flexibility index (Phi) is 5.30. The number of rotatable bonds is 6. The van der Waals surface area contributed by atoms with E-state index in [2.05, 4.69) is 29.4 Å². The summed E-state index contributed by atoms with van der Waals surface area (Å²) in [5.41, 5.74) is 4.65. The molecule has 0 aliphatic heterocycles. The molecule has 0 bridgehead atoms. The summed E-state index contributed by atoms with van der Waals surface area (Å²) in [6.45, 7) is 4.08. The summed E-state index contributed by atoms with van der Waals surface area (Å²) >= 11 is 0. The Morgan fingerprint density at radius 1 is 1.07 bits per heavy atom. The van der Waals surface area contributed by atoms with Crippen molar-refractivity contribution in [2.75, 3.05) is 5.32 Å². The number of anilines is 2. The lowest BCUT2D eigenvalue weighted by atomic mass is 10.1. The van der Waals surface area contributed by atoms with E-state index in [0.717, 1.165) is 23.2 Å². The summed E-state index contributed by atoms with van der Waals surface area (Å²) in [4.78, 5) is 16.1. The highest BCUT2D eigenvalue weighted by Gasteiger charge is 2.17. The monoisotopic (exact) mass is 398 g/mol. The zero-order chi connectivity index (χ0) is 21.1. The van der Waals surface area contributed by atoms with Crippen LogP contribution in [0, 0.1) is 6.92 Å². The van der Waals surface area contributed by atoms with E-state index in [4.69, 9.17) is 5.10 Å². The van der Waals surface area contributed by atoms with Crippen molar-refractivity contribution >= 4 is 17.5 Å². The first-order valence-corrected chi connectivity index (χ1v) is 9.77. The smallest absolute Gasteiger partial charge is 0.337 e. The second-order valence-corrected chi connectivity index (χ2v) is 7.00. The van der Waals surface area contributed by atoms with Gasteiger partial charge in [-0.1, -0.05) is 43.3 Å². The van der Waals surface area contributed by atoms with Crippen LogP contribution in [0.2, 0.25) is 0 Å². The predicted octanol–water partition coefficient (Wildman–Crippen LogP) is 5.25. The maximum absolute atomic E-state index is 11.6. The average molecular weight is 398 g/mol. The van der Waals surface area contributed by atoms with E-state index in [-0.39, 0.29) is 5.56 Å². The van der Waals surface area contributed by atoms with Crippen LogP contribution in [0.15, 0.2) is 72.9 Å². The molecule has 0 aliphatic rings. The Hall–Kier alpha value is -3.93. The van der Waals surface area contributed by atoms with E-state index in [0.29, 0.717) is 17.3 Å². The lowest BCUT2D eigenvalue weighted by Gasteiger charge is -2.12. The zero-order valence-electron chi connectivity index (χ0n) is 16.8. The highest BCUT2D eigenvalue weighted by molar-refractivity contribution is 5.95. The first-order chi connectivity index (χ1) is 14.6. The molecule has 0 fully saturated rings. The molecule has 0 saturated heterocycles. The van der Waals surface area contributed by atoms with Gasteiger partial charge in [0.25, 0.3) is 0 Å². The largest absolute Gasteiger partial charge is 0.478 e. The Morgan fingerprint density at radius 2 is 1.90 bits per heavy atom. The number of aryl methyl sites for hydroxylation is 2. The van der Waals surface area contributed by atoms with E-state index in [1.165, 1.54) is 5.56 Å². The number of carboxylic acids is 1. The van der Waals surface area contributed by atoms with Gasteiger partial charge < -0.3 is 10.4 Å². The van der Waals surface area contributed by atoms with Gasteiger partial charge in [-0.15, -0.1) is 0 Å². The standard InChI is InChI=1S/C24H22N4O2/c1-3-17-9-6-10-18(14-17)21-15-22(26-20-12-5-4-11-19(20)24(29)30)28(27-21)23-16(2)8-7-13-25-23/h4-15,26H,3H2,1-2H3,(H,29,30). The number of pyridine rings is 1. The molecule has 150 valence electrons. The maximum atomic E-state index is 11.6. The summed E-state index contributed by atoms with van der Waals surface area (Å²) in [6.07, 6.45) is 2.65. The molecule has 2 N–H and O–H groups in total. The maximum Gasteiger partial charge on any atom is 0.337 e. The van der Waals surface area contributed by atoms with E-state index in [9.17, 15) is 9.90 Å². The molecule has 0 spiro atoms. The van der Waals surface area contributed by atoms with Crippen molar-refractivity contribution in [3.8, 4) is 17.1 Å². The fourth-order valence-electron chi connectivity index (χ4n) is 3.34. The van der Waals surface area contributed by atoms with Crippen LogP contribution in [0.4, 0.5) is 11.5 Å². The Morgan fingerprint density at radius 3 is 2.67 bits per heavy atom. The number of benzene rings is 2. The van der Waals surface area contributed by atoms with Crippen molar-refractivity contribution in [2.24, 2.45) is 0 Å². The Labute approximate surface area is 174 Å². The van der Waals surface area contributed by atoms with Gasteiger partial charge in [-0.3, -0.25) is 0 Å². The quantitative estimate of drug-likeness (QED) is 0.464. The molecule has 2 aromatic heterocycles. The number of para-hydroxylation sites is 1. The number of carboxylic acid groups (broad SMARTS) is 1. The molecule has 2 aromatic carbocycles. The van der Waals surface area contributed by atoms with E-state index >= 15 is 0 Å². The van der Waals surface area contributed by atoms with Crippen LogP contribution in [0.3, 0.4) is 0 Å². The normalized spacial score (nSPS) is 10.7. The van der Waals surface area contributed by atoms with Crippen molar-refractivity contribution in [3.63, 3.8) is 0 Å². The van der Waals surface area contributed by atoms with Crippen molar-refractivity contribution in [2.45, 2.75) is 20.3 Å². The topological polar surface area (TPSA) is 80.0 Å². The number of aromatic carboxylic acids is 1. The zero-order valence-corrected chi connectivity index (χ0v) is 16.8. The molecule has 4 aromatic rings. The molecule has 30 heavy (non-hydrogen) atoms. The third-order valence-corrected chi connectivity index (χ3v) is 4.94. The summed E-state index contributed by atoms with van der Waals surface area (Å²) in [7, 11) is 0. The predicted molar refractivity (Wildman–Crippen MR) is 118 cm³/mol. The van der Waals surface area contributed by atoms with E-state index in [1.807, 2.05) is 37.3 Å². The molecule has 0 radical (unpaired) electrons. The number of aromatic nitrogens is 3. The number of nitrogens with zero attached hydrogens (tertiary/aromatic N) is 3. The Balaban J connectivity index is 1.85. The number of nitrogens with one attached hydrogen (secondary N) is 1. The van der Waals surface area contributed by atoms with Crippen LogP contribution >= 0.6 is 0 Å². The molecule has 0 aliphatic carbocycles. The first kappa shape index (κ1) is 19.4. The highest BCUT2D eigenvalue weighted by atomic mass is 16.4. The minimum absolute atomic E-state index is 0.192. The second-order valence-electron chi connectivity index (χ2n) is 7.00. The van der Waals surface area contributed by atoms with Gasteiger partial charge in [0.1, 0.15) is 5.82 Å². The summed E-state index contributed by atoms with van der Waals surface area (Å²) < 4.78 is 1.72. The van der Waals surface area contributed by atoms with Gasteiger partial charge in [0.15, 0.2) is 5.82 Å². The second kappa shape index (κ2) is 8.21. The van der Waals surface area contributed by atoms with Gasteiger partial charge in [-0.25, -0.2) is 9.78 Å². The van der Waals surface area contributed by atoms with Crippen LogP contribution in [-0.4, -0.2) is 25.8 Å². The van der Waals surface area contributed by atoms with Crippen molar-refractivity contribution in [1.82, 2.24) is 14.8 Å². The molecular weight excluding hydrogens is 376 g/mol. The van der Waals surface area contributed by atoms with Crippen LogP contribution in [0.1, 0.15) is 28.4 Å². The van der Waals surface area contributed by atoms with Crippen molar-refractivity contribution in [1.29, 1.82) is 0 Å². The van der Waals surface area contributed by atoms with Gasteiger partial charge in [-0.05, 0) is 48.7 Å². The molecule has 0 amide bonds. The van der Waals surface area contributed by atoms with Gasteiger partial charge in [0, 0.05) is 17.8 Å². The summed E-state index contributed by atoms with van der Waals surface area (Å²) in [5, 5.41) is 17.6. The lowest BCUT2D eigenvalue weighted by molar-refractivity contribution is 0.0698. The van der Waals surface area contributed by atoms with E-state index in [1.54, 1.807) is 35.1 Å². The highest BCUT2D eigenvalue weighted by Crippen LogP contribution is 2.29. The summed E-state index contributed by atoms with van der Waals surface area (Å²) in [6, 6.07) is 20.8. The Bertz CT molecular complexity index is 1210. The third kappa shape index (κ3) is 3.80. The number of hydrogen-bond acceptors (Lipinski definition) is 4. The molecular formula is C24H22N4O2. The van der Waals surface area contributed by atoms with Crippen LogP contribution in [-0.2, 0) is 6.42 Å². The van der Waals surface area contributed by atoms with Crippen molar-refractivity contribution < 1.29 is 9.90 Å². The van der Waals surface area contributed by atoms with Gasteiger partial charge >= 0.3 is 5.97 Å². The molecule has 0 saturated carbocycles. The van der Waals surface area contributed by atoms with Crippen LogP contribution in [0.5, 0.6) is 0 Å².